The molecule has 20 heavy (non-hydrogen) atoms. The highest BCUT2D eigenvalue weighted by atomic mass is 15.3. The van der Waals surface area contributed by atoms with Crippen molar-refractivity contribution < 1.29 is 0 Å². The van der Waals surface area contributed by atoms with Crippen molar-refractivity contribution in [2.75, 3.05) is 7.05 Å². The number of nitrogens with zero attached hydrogens (tertiary/aromatic N) is 4. The van der Waals surface area contributed by atoms with E-state index in [9.17, 15) is 0 Å². The van der Waals surface area contributed by atoms with Crippen molar-refractivity contribution in [1.82, 2.24) is 25.1 Å². The predicted octanol–water partition coefficient (Wildman–Crippen LogP) is 1.87. The maximum atomic E-state index is 4.41. The van der Waals surface area contributed by atoms with E-state index in [4.69, 9.17) is 0 Å². The van der Waals surface area contributed by atoms with E-state index < -0.39 is 0 Å². The van der Waals surface area contributed by atoms with Gasteiger partial charge in [-0.3, -0.25) is 9.67 Å². The van der Waals surface area contributed by atoms with Crippen LogP contribution in [0.2, 0.25) is 0 Å². The maximum absolute atomic E-state index is 4.41. The Bertz CT molecular complexity index is 714. The van der Waals surface area contributed by atoms with Gasteiger partial charge in [0.15, 0.2) is 0 Å². The van der Waals surface area contributed by atoms with E-state index in [0.717, 1.165) is 17.8 Å². The summed E-state index contributed by atoms with van der Waals surface area (Å²) >= 11 is 0. The predicted molar refractivity (Wildman–Crippen MR) is 78.3 cm³/mol. The molecule has 0 aliphatic rings. The van der Waals surface area contributed by atoms with Crippen molar-refractivity contribution >= 4 is 10.9 Å². The molecule has 0 radical (unpaired) electrons. The van der Waals surface area contributed by atoms with E-state index in [-0.39, 0.29) is 6.04 Å². The lowest BCUT2D eigenvalue weighted by atomic mass is 9.99. The Balaban J connectivity index is 2.01. The molecule has 0 aliphatic carbocycles. The first-order valence-electron chi connectivity index (χ1n) is 6.63. The highest BCUT2D eigenvalue weighted by molar-refractivity contribution is 5.82. The third-order valence-electron chi connectivity index (χ3n) is 3.60. The molecule has 0 fully saturated rings. The SMILES string of the molecule is CNC(Cc1ncnn1C)c1ccnc2ccccc12. The number of hydrogen-bond acceptors (Lipinski definition) is 4. The van der Waals surface area contributed by atoms with E-state index in [1.54, 1.807) is 6.33 Å². The van der Waals surface area contributed by atoms with Gasteiger partial charge in [0.1, 0.15) is 12.2 Å². The number of aromatic nitrogens is 4. The van der Waals surface area contributed by atoms with Crippen LogP contribution >= 0.6 is 0 Å². The van der Waals surface area contributed by atoms with Gasteiger partial charge in [0.05, 0.1) is 5.52 Å². The minimum Gasteiger partial charge on any atom is -0.313 e. The van der Waals surface area contributed by atoms with E-state index in [0.29, 0.717) is 0 Å². The van der Waals surface area contributed by atoms with Crippen molar-refractivity contribution in [3.05, 3.63) is 54.2 Å². The molecule has 2 aromatic heterocycles. The van der Waals surface area contributed by atoms with Gasteiger partial charge >= 0.3 is 0 Å². The minimum absolute atomic E-state index is 0.186. The molecular weight excluding hydrogens is 250 g/mol. The van der Waals surface area contributed by atoms with E-state index in [1.807, 2.05) is 43.2 Å². The second-order valence-electron chi connectivity index (χ2n) is 4.76. The third-order valence-corrected chi connectivity index (χ3v) is 3.60. The summed E-state index contributed by atoms with van der Waals surface area (Å²) in [6, 6.07) is 10.5. The molecule has 0 spiro atoms. The average molecular weight is 267 g/mol. The zero-order valence-corrected chi connectivity index (χ0v) is 11.6. The summed E-state index contributed by atoms with van der Waals surface area (Å²) in [5.74, 6) is 0.963. The first-order valence-corrected chi connectivity index (χ1v) is 6.63. The summed E-state index contributed by atoms with van der Waals surface area (Å²) in [6.07, 6.45) is 4.24. The second kappa shape index (κ2) is 5.38. The van der Waals surface area contributed by atoms with Crippen LogP contribution in [0.4, 0.5) is 0 Å². The quantitative estimate of drug-likeness (QED) is 0.784. The lowest BCUT2D eigenvalue weighted by Crippen LogP contribution is -2.21. The molecule has 2 heterocycles. The molecular formula is C15H17N5. The number of para-hydroxylation sites is 1. The Morgan fingerprint density at radius 3 is 2.80 bits per heavy atom. The van der Waals surface area contributed by atoms with Crippen LogP contribution in [0.5, 0.6) is 0 Å². The second-order valence-corrected chi connectivity index (χ2v) is 4.76. The van der Waals surface area contributed by atoms with Gasteiger partial charge in [-0.25, -0.2) is 4.98 Å². The number of aryl methyl sites for hydroxylation is 1. The number of hydrogen-bond donors (Lipinski definition) is 1. The van der Waals surface area contributed by atoms with Crippen LogP contribution in [0.25, 0.3) is 10.9 Å². The minimum atomic E-state index is 0.186. The van der Waals surface area contributed by atoms with Crippen molar-refractivity contribution in [1.29, 1.82) is 0 Å². The molecule has 1 N–H and O–H groups in total. The molecule has 0 saturated heterocycles. The largest absolute Gasteiger partial charge is 0.313 e. The van der Waals surface area contributed by atoms with Gasteiger partial charge in [-0.15, -0.1) is 0 Å². The number of fused-ring (bicyclic) bond motifs is 1. The molecule has 5 heteroatoms. The lowest BCUT2D eigenvalue weighted by molar-refractivity contribution is 0.556. The van der Waals surface area contributed by atoms with Crippen molar-refractivity contribution in [3.8, 4) is 0 Å². The number of benzene rings is 1. The normalized spacial score (nSPS) is 12.7. The third kappa shape index (κ3) is 2.28. The Hall–Kier alpha value is -2.27. The van der Waals surface area contributed by atoms with Gasteiger partial charge in [-0.1, -0.05) is 18.2 Å². The van der Waals surface area contributed by atoms with Crippen LogP contribution in [-0.4, -0.2) is 26.8 Å². The van der Waals surface area contributed by atoms with E-state index >= 15 is 0 Å². The first-order chi connectivity index (χ1) is 9.79. The fourth-order valence-corrected chi connectivity index (χ4v) is 2.48. The fourth-order valence-electron chi connectivity index (χ4n) is 2.48. The topological polar surface area (TPSA) is 55.6 Å². The number of nitrogens with one attached hydrogen (secondary N) is 1. The number of rotatable bonds is 4. The Morgan fingerprint density at radius 1 is 1.20 bits per heavy atom. The molecule has 3 rings (SSSR count). The van der Waals surface area contributed by atoms with E-state index in [2.05, 4.69) is 32.5 Å². The van der Waals surface area contributed by atoms with E-state index in [1.165, 1.54) is 10.9 Å². The monoisotopic (exact) mass is 267 g/mol. The summed E-state index contributed by atoms with van der Waals surface area (Å²) in [5, 5.41) is 8.67. The molecule has 102 valence electrons. The summed E-state index contributed by atoms with van der Waals surface area (Å²) in [6.45, 7) is 0. The van der Waals surface area contributed by atoms with Gasteiger partial charge < -0.3 is 5.32 Å². The van der Waals surface area contributed by atoms with Crippen LogP contribution < -0.4 is 5.32 Å². The molecule has 1 atom stereocenters. The summed E-state index contributed by atoms with van der Waals surface area (Å²) in [7, 11) is 3.88. The Morgan fingerprint density at radius 2 is 2.05 bits per heavy atom. The Kier molecular flexibility index (Phi) is 3.43. The van der Waals surface area contributed by atoms with Crippen LogP contribution in [0.15, 0.2) is 42.9 Å². The van der Waals surface area contributed by atoms with Crippen molar-refractivity contribution in [2.24, 2.45) is 7.05 Å². The zero-order chi connectivity index (χ0) is 13.9. The van der Waals surface area contributed by atoms with Crippen LogP contribution in [-0.2, 0) is 13.5 Å². The van der Waals surface area contributed by atoms with Gasteiger partial charge in [-0.2, -0.15) is 5.10 Å². The zero-order valence-electron chi connectivity index (χ0n) is 11.6. The first kappa shape index (κ1) is 12.7. The van der Waals surface area contributed by atoms with Gasteiger partial charge in [-0.05, 0) is 24.7 Å². The van der Waals surface area contributed by atoms with Gasteiger partial charge in [0.25, 0.3) is 0 Å². The van der Waals surface area contributed by atoms with Crippen LogP contribution in [0.3, 0.4) is 0 Å². The maximum Gasteiger partial charge on any atom is 0.138 e. The highest BCUT2D eigenvalue weighted by Gasteiger charge is 2.15. The van der Waals surface area contributed by atoms with Crippen LogP contribution in [0, 0.1) is 0 Å². The van der Waals surface area contributed by atoms with Crippen LogP contribution in [0.1, 0.15) is 17.4 Å². The molecule has 3 aromatic rings. The number of pyridine rings is 1. The smallest absolute Gasteiger partial charge is 0.138 e. The lowest BCUT2D eigenvalue weighted by Gasteiger charge is -2.18. The molecule has 0 saturated carbocycles. The molecule has 0 amide bonds. The van der Waals surface area contributed by atoms with Crippen molar-refractivity contribution in [3.63, 3.8) is 0 Å². The molecule has 5 nitrogen and oxygen atoms in total. The average Bonchev–Trinajstić information content (AvgIpc) is 2.89. The molecule has 1 aromatic carbocycles. The summed E-state index contributed by atoms with van der Waals surface area (Å²) in [4.78, 5) is 8.72. The van der Waals surface area contributed by atoms with Gasteiger partial charge in [0.2, 0.25) is 0 Å². The number of likely N-dealkylation sites (N-methyl/N-ethyl adjacent to an activating group) is 1. The standard InChI is InChI=1S/C15H17N5/c1-16-14(9-15-18-10-19-20(15)2)12-7-8-17-13-6-4-3-5-11(12)13/h3-8,10,14,16H,9H2,1-2H3. The summed E-state index contributed by atoms with van der Waals surface area (Å²) < 4.78 is 1.81. The molecule has 1 unspecified atom stereocenters. The Labute approximate surface area is 117 Å². The molecule has 0 aliphatic heterocycles. The fraction of sp³-hybridized carbons (Fsp3) is 0.267. The highest BCUT2D eigenvalue weighted by Crippen LogP contribution is 2.24. The summed E-state index contributed by atoms with van der Waals surface area (Å²) in [5.41, 5.74) is 2.25. The van der Waals surface area contributed by atoms with Crippen molar-refractivity contribution in [2.45, 2.75) is 12.5 Å². The van der Waals surface area contributed by atoms with Gasteiger partial charge in [0, 0.05) is 31.1 Å². The molecule has 0 bridgehead atoms.